The fourth-order valence-electron chi connectivity index (χ4n) is 3.84. The van der Waals surface area contributed by atoms with Gasteiger partial charge >= 0.3 is 0 Å². The van der Waals surface area contributed by atoms with E-state index in [1.165, 1.54) is 77.0 Å². The first-order valence-electron chi connectivity index (χ1n) is 11.1. The highest BCUT2D eigenvalue weighted by molar-refractivity contribution is 5.19. The molecule has 154 valence electrons. The van der Waals surface area contributed by atoms with E-state index >= 15 is 0 Å². The van der Waals surface area contributed by atoms with Gasteiger partial charge in [-0.2, -0.15) is 0 Å². The molecule has 1 N–H and O–H groups in total. The molecule has 0 radical (unpaired) electrons. The molecule has 4 nitrogen and oxygen atoms in total. The smallest absolute Gasteiger partial charge is 0.153 e. The molecule has 1 unspecified atom stereocenters. The minimum absolute atomic E-state index is 0.611. The zero-order valence-electron chi connectivity index (χ0n) is 17.5. The van der Waals surface area contributed by atoms with Gasteiger partial charge in [-0.3, -0.25) is 0 Å². The van der Waals surface area contributed by atoms with Crippen LogP contribution in [0.3, 0.4) is 0 Å². The Kier molecular flexibility index (Phi) is 10.4. The third-order valence-corrected chi connectivity index (χ3v) is 5.54. The van der Waals surface area contributed by atoms with Crippen molar-refractivity contribution in [1.29, 1.82) is 0 Å². The van der Waals surface area contributed by atoms with Crippen molar-refractivity contribution in [2.75, 3.05) is 20.3 Å². The molecule has 0 aliphatic carbocycles. The molecule has 1 aliphatic heterocycles. The van der Waals surface area contributed by atoms with Crippen LogP contribution in [-0.2, 0) is 0 Å². The fraction of sp³-hybridized carbons (Fsp3) is 0.739. The van der Waals surface area contributed by atoms with Gasteiger partial charge in [0.1, 0.15) is 5.76 Å². The van der Waals surface area contributed by atoms with E-state index in [1.54, 1.807) is 6.26 Å². The Labute approximate surface area is 166 Å². The largest absolute Gasteiger partial charge is 0.466 e. The molecule has 2 heterocycles. The van der Waals surface area contributed by atoms with Gasteiger partial charge in [0.25, 0.3) is 0 Å². The highest BCUT2D eigenvalue weighted by Gasteiger charge is 2.25. The average Bonchev–Trinajstić information content (AvgIpc) is 3.32. The molecule has 1 aromatic rings. The zero-order valence-corrected chi connectivity index (χ0v) is 17.5. The van der Waals surface area contributed by atoms with Gasteiger partial charge < -0.3 is 19.3 Å². The molecule has 1 aromatic heterocycles. The topological polar surface area (TPSA) is 39.9 Å². The number of unbranched alkanes of at least 4 members (excludes halogenated alkanes) is 11. The minimum Gasteiger partial charge on any atom is -0.466 e. The van der Waals surface area contributed by atoms with E-state index in [1.807, 2.05) is 19.2 Å². The summed E-state index contributed by atoms with van der Waals surface area (Å²) in [5, 5.41) is 10.4. The third kappa shape index (κ3) is 8.00. The molecule has 0 saturated heterocycles. The second-order valence-electron chi connectivity index (χ2n) is 8.01. The third-order valence-electron chi connectivity index (χ3n) is 5.54. The van der Waals surface area contributed by atoms with Gasteiger partial charge in [-0.25, -0.2) is 0 Å². The molecule has 4 heteroatoms. The van der Waals surface area contributed by atoms with Gasteiger partial charge in [-0.05, 0) is 18.6 Å². The van der Waals surface area contributed by atoms with Crippen molar-refractivity contribution in [2.45, 2.75) is 90.1 Å². The summed E-state index contributed by atoms with van der Waals surface area (Å²) in [4.78, 5) is 4.41. The van der Waals surface area contributed by atoms with Crippen molar-refractivity contribution in [3.05, 3.63) is 36.1 Å². The summed E-state index contributed by atoms with van der Waals surface area (Å²) in [7, 11) is 2.03. The fourth-order valence-corrected chi connectivity index (χ4v) is 3.84. The van der Waals surface area contributed by atoms with Gasteiger partial charge in [0.05, 0.1) is 18.6 Å². The van der Waals surface area contributed by atoms with Gasteiger partial charge in [-0.1, -0.05) is 77.6 Å². The number of hydrogen-bond donors (Lipinski definition) is 1. The van der Waals surface area contributed by atoms with Crippen LogP contribution in [0.2, 0.25) is 0 Å². The second kappa shape index (κ2) is 12.9. The Morgan fingerprint density at radius 3 is 2.11 bits per heavy atom. The van der Waals surface area contributed by atoms with E-state index in [9.17, 15) is 5.11 Å². The summed E-state index contributed by atoms with van der Waals surface area (Å²) in [6.07, 6.45) is 19.6. The molecule has 0 fully saturated rings. The maximum Gasteiger partial charge on any atom is 0.153 e. The first-order valence-corrected chi connectivity index (χ1v) is 11.1. The van der Waals surface area contributed by atoms with Crippen molar-refractivity contribution in [3.63, 3.8) is 0 Å². The number of furan rings is 1. The molecular weight excluding hydrogens is 336 g/mol. The van der Waals surface area contributed by atoms with Gasteiger partial charge in [-0.15, -0.1) is 0 Å². The predicted molar refractivity (Wildman–Crippen MR) is 112 cm³/mol. The normalized spacial score (nSPS) is 15.4. The zero-order chi connectivity index (χ0) is 19.3. The quantitative estimate of drug-likeness (QED) is 0.378. The molecule has 1 aliphatic rings. The Morgan fingerprint density at radius 1 is 0.963 bits per heavy atom. The van der Waals surface area contributed by atoms with Crippen LogP contribution in [-0.4, -0.2) is 35.2 Å². The van der Waals surface area contributed by atoms with E-state index < -0.39 is 6.10 Å². The number of hydrogen-bond acceptors (Lipinski definition) is 4. The maximum absolute atomic E-state index is 10.4. The van der Waals surface area contributed by atoms with Crippen molar-refractivity contribution >= 4 is 0 Å². The molecule has 1 atom stereocenters. The number of rotatable bonds is 15. The summed E-state index contributed by atoms with van der Waals surface area (Å²) >= 11 is 0. The number of nitrogens with zero attached hydrogens (tertiary/aromatic N) is 2. The summed E-state index contributed by atoms with van der Waals surface area (Å²) in [6.45, 7) is 4.20. The van der Waals surface area contributed by atoms with Crippen LogP contribution < -0.4 is 0 Å². The SMILES string of the molecule is CCCCCCCCCCCCCCN1C=C(C(O)c2ccco2)N(C)C1. The van der Waals surface area contributed by atoms with Crippen LogP contribution in [0.25, 0.3) is 0 Å². The minimum atomic E-state index is -0.669. The number of aliphatic hydroxyl groups is 1. The summed E-state index contributed by atoms with van der Waals surface area (Å²) in [6, 6.07) is 3.64. The maximum atomic E-state index is 10.4. The first-order chi connectivity index (χ1) is 13.2. The van der Waals surface area contributed by atoms with Gasteiger partial charge in [0.2, 0.25) is 0 Å². The van der Waals surface area contributed by atoms with E-state index in [2.05, 4.69) is 22.9 Å². The van der Waals surface area contributed by atoms with Crippen molar-refractivity contribution < 1.29 is 9.52 Å². The van der Waals surface area contributed by atoms with E-state index in [0.717, 1.165) is 18.9 Å². The van der Waals surface area contributed by atoms with Crippen LogP contribution in [0, 0.1) is 0 Å². The van der Waals surface area contributed by atoms with E-state index in [4.69, 9.17) is 4.42 Å². The van der Waals surface area contributed by atoms with Crippen molar-refractivity contribution in [2.24, 2.45) is 0 Å². The molecule has 0 bridgehead atoms. The summed E-state index contributed by atoms with van der Waals surface area (Å²) < 4.78 is 5.33. The van der Waals surface area contributed by atoms with Crippen LogP contribution in [0.1, 0.15) is 95.8 Å². The van der Waals surface area contributed by atoms with E-state index in [0.29, 0.717) is 5.76 Å². The number of aliphatic hydroxyl groups excluding tert-OH is 1. The Morgan fingerprint density at radius 2 is 1.56 bits per heavy atom. The highest BCUT2D eigenvalue weighted by atomic mass is 16.4. The summed E-state index contributed by atoms with van der Waals surface area (Å²) in [5.41, 5.74) is 0.920. The van der Waals surface area contributed by atoms with Crippen LogP contribution in [0.15, 0.2) is 34.7 Å². The lowest BCUT2D eigenvalue weighted by Gasteiger charge is -2.20. The average molecular weight is 377 g/mol. The van der Waals surface area contributed by atoms with Crippen molar-refractivity contribution in [3.8, 4) is 0 Å². The Hall–Kier alpha value is -1.42. The van der Waals surface area contributed by atoms with E-state index in [-0.39, 0.29) is 0 Å². The van der Waals surface area contributed by atoms with Gasteiger partial charge in [0, 0.05) is 19.8 Å². The lowest BCUT2D eigenvalue weighted by atomic mass is 10.1. The monoisotopic (exact) mass is 376 g/mol. The lowest BCUT2D eigenvalue weighted by Crippen LogP contribution is -2.25. The van der Waals surface area contributed by atoms with Crippen LogP contribution >= 0.6 is 0 Å². The highest BCUT2D eigenvalue weighted by Crippen LogP contribution is 2.28. The summed E-state index contributed by atoms with van der Waals surface area (Å²) in [5.74, 6) is 0.611. The van der Waals surface area contributed by atoms with Gasteiger partial charge in [0.15, 0.2) is 6.10 Å². The lowest BCUT2D eigenvalue weighted by molar-refractivity contribution is 0.151. The molecule has 0 aromatic carbocycles. The standard InChI is InChI=1S/C23H40N2O2/c1-3-4-5-6-7-8-9-10-11-12-13-14-17-25-19-21(24(2)20-25)23(26)22-16-15-18-27-22/h15-16,18-19,23,26H,3-14,17,20H2,1-2H3. The Balaban J connectivity index is 1.49. The molecule has 2 rings (SSSR count). The molecule has 0 spiro atoms. The second-order valence-corrected chi connectivity index (χ2v) is 8.01. The first kappa shape index (κ1) is 21.9. The van der Waals surface area contributed by atoms with Crippen molar-refractivity contribution in [1.82, 2.24) is 9.80 Å². The Bertz CT molecular complexity index is 512. The molecular formula is C23H40N2O2. The molecule has 0 saturated carbocycles. The van der Waals surface area contributed by atoms with Crippen LogP contribution in [0.4, 0.5) is 0 Å². The number of likely N-dealkylation sites (N-methyl/N-ethyl adjacent to an activating group) is 1. The molecule has 0 amide bonds. The van der Waals surface area contributed by atoms with Crippen LogP contribution in [0.5, 0.6) is 0 Å². The molecule has 27 heavy (non-hydrogen) atoms. The predicted octanol–water partition coefficient (Wildman–Crippen LogP) is 6.06.